The zero-order valence-electron chi connectivity index (χ0n) is 19.8. The van der Waals surface area contributed by atoms with Gasteiger partial charge in [-0.3, -0.25) is 0 Å². The van der Waals surface area contributed by atoms with Crippen molar-refractivity contribution in [2.75, 3.05) is 0 Å². The van der Waals surface area contributed by atoms with Crippen molar-refractivity contribution in [1.82, 2.24) is 0 Å². The second-order valence-corrected chi connectivity index (χ2v) is 11.4. The normalized spacial score (nSPS) is 15.9. The summed E-state index contributed by atoms with van der Waals surface area (Å²) in [4.78, 5) is 0. The van der Waals surface area contributed by atoms with Crippen LogP contribution >= 0.6 is 0 Å². The fraction of sp³-hybridized carbons (Fsp3) is 0.875. The van der Waals surface area contributed by atoms with Gasteiger partial charge >= 0.3 is 0 Å². The molecule has 1 atom stereocenters. The lowest BCUT2D eigenvalue weighted by Crippen LogP contribution is -2.52. The van der Waals surface area contributed by atoms with Gasteiger partial charge < -0.3 is 0 Å². The second-order valence-electron chi connectivity index (χ2n) is 11.4. The first-order valence-electron chi connectivity index (χ1n) is 10.3. The molecule has 148 valence electrons. The molecule has 0 aliphatic rings. The number of rotatable bonds is 7. The van der Waals surface area contributed by atoms with Gasteiger partial charge in [-0.25, -0.2) is 4.58 Å². The maximum Gasteiger partial charge on any atom is 0.175 e. The van der Waals surface area contributed by atoms with Gasteiger partial charge in [-0.05, 0) is 31.3 Å². The Bertz CT molecular complexity index is 471. The van der Waals surface area contributed by atoms with Crippen molar-refractivity contribution in [2.45, 2.75) is 121 Å². The third kappa shape index (κ3) is 8.56. The Morgan fingerprint density at radius 1 is 0.920 bits per heavy atom. The Hall–Kier alpha value is -0.590. The summed E-state index contributed by atoms with van der Waals surface area (Å²) >= 11 is 0. The molecule has 0 spiro atoms. The van der Waals surface area contributed by atoms with Gasteiger partial charge in [-0.15, -0.1) is 0 Å². The van der Waals surface area contributed by atoms with E-state index in [2.05, 4.69) is 101 Å². The van der Waals surface area contributed by atoms with Crippen LogP contribution < -0.4 is 0 Å². The highest BCUT2D eigenvalue weighted by atomic mass is 15.1. The van der Waals surface area contributed by atoms with Gasteiger partial charge in [0.15, 0.2) is 17.3 Å². The van der Waals surface area contributed by atoms with Crippen molar-refractivity contribution >= 4 is 5.71 Å². The molecule has 0 aromatic heterocycles. The van der Waals surface area contributed by atoms with E-state index in [1.807, 2.05) is 0 Å². The van der Waals surface area contributed by atoms with Gasteiger partial charge in [0.1, 0.15) is 0 Å². The molecule has 0 saturated heterocycles. The molecule has 0 N–H and O–H groups in total. The van der Waals surface area contributed by atoms with E-state index in [1.54, 1.807) is 5.71 Å². The molecule has 1 unspecified atom stereocenters. The van der Waals surface area contributed by atoms with Crippen LogP contribution in [0.2, 0.25) is 0 Å². The lowest BCUT2D eigenvalue weighted by atomic mass is 9.75. The molecule has 0 saturated carbocycles. The quantitative estimate of drug-likeness (QED) is 0.254. The van der Waals surface area contributed by atoms with E-state index >= 15 is 0 Å². The lowest BCUT2D eigenvalue weighted by Gasteiger charge is -2.39. The van der Waals surface area contributed by atoms with E-state index < -0.39 is 0 Å². The first-order chi connectivity index (χ1) is 11.0. The van der Waals surface area contributed by atoms with Gasteiger partial charge in [-0.2, -0.15) is 0 Å². The topological polar surface area (TPSA) is 3.01 Å². The van der Waals surface area contributed by atoms with Crippen molar-refractivity contribution in [3.8, 4) is 0 Å². The van der Waals surface area contributed by atoms with Crippen LogP contribution in [0.5, 0.6) is 0 Å². The van der Waals surface area contributed by atoms with Gasteiger partial charge in [0.25, 0.3) is 0 Å². The Morgan fingerprint density at radius 3 is 1.68 bits per heavy atom. The van der Waals surface area contributed by atoms with Crippen molar-refractivity contribution in [3.63, 3.8) is 0 Å². The molecule has 1 nitrogen and oxygen atoms in total. The van der Waals surface area contributed by atoms with Crippen LogP contribution in [0.15, 0.2) is 11.6 Å². The predicted molar refractivity (Wildman–Crippen MR) is 116 cm³/mol. The van der Waals surface area contributed by atoms with Gasteiger partial charge in [0.2, 0.25) is 0 Å². The molecule has 0 aromatic rings. The average Bonchev–Trinajstić information content (AvgIpc) is 2.31. The van der Waals surface area contributed by atoms with Crippen LogP contribution in [-0.2, 0) is 0 Å². The number of allylic oxidation sites excluding steroid dienone is 1. The molecular formula is C24H48N+. The van der Waals surface area contributed by atoms with Crippen LogP contribution in [0, 0.1) is 16.7 Å². The third-order valence-electron chi connectivity index (χ3n) is 4.77. The Balaban J connectivity index is 6.61. The predicted octanol–water partition coefficient (Wildman–Crippen LogP) is 7.49. The molecule has 0 rings (SSSR count). The first kappa shape index (κ1) is 24.4. The summed E-state index contributed by atoms with van der Waals surface area (Å²) < 4.78 is 2.80. The van der Waals surface area contributed by atoms with Crippen molar-refractivity contribution < 1.29 is 4.58 Å². The Kier molecular flexibility index (Phi) is 8.66. The molecule has 0 heterocycles. The Labute approximate surface area is 160 Å². The van der Waals surface area contributed by atoms with E-state index in [4.69, 9.17) is 0 Å². The molecule has 0 aliphatic heterocycles. The number of hydrogen-bond acceptors (Lipinski definition) is 0. The molecule has 0 aromatic carbocycles. The summed E-state index contributed by atoms with van der Waals surface area (Å²) in [5.74, 6) is 0.690. The molecule has 0 radical (unpaired) electrons. The molecule has 1 heteroatoms. The van der Waals surface area contributed by atoms with Crippen LogP contribution in [0.1, 0.15) is 109 Å². The largest absolute Gasteiger partial charge is 0.225 e. The molecule has 0 amide bonds. The Morgan fingerprint density at radius 2 is 1.40 bits per heavy atom. The van der Waals surface area contributed by atoms with E-state index in [9.17, 15) is 0 Å². The standard InChI is InChI=1S/C24H48N/c1-14-20(15-18(2)3)25(24(12,13)16-19(4)5)21(23(9,10)11)17-22(6,7)8/h16,18,21H,14-15,17H2,1-13H3/q+1/b25-20-. The fourth-order valence-corrected chi connectivity index (χ4v) is 4.05. The zero-order chi connectivity index (χ0) is 20.2. The fourth-order valence-electron chi connectivity index (χ4n) is 4.05. The number of nitrogens with zero attached hydrogens (tertiary/aromatic N) is 1. The molecule has 0 bridgehead atoms. The maximum atomic E-state index is 2.80. The van der Waals surface area contributed by atoms with E-state index in [0.717, 1.165) is 6.42 Å². The second kappa shape index (κ2) is 8.87. The maximum absolute atomic E-state index is 2.80. The van der Waals surface area contributed by atoms with Crippen LogP contribution in [0.25, 0.3) is 0 Å². The highest BCUT2D eigenvalue weighted by molar-refractivity contribution is 5.80. The van der Waals surface area contributed by atoms with E-state index in [1.165, 1.54) is 18.4 Å². The smallest absolute Gasteiger partial charge is 0.175 e. The monoisotopic (exact) mass is 350 g/mol. The SMILES string of the molecule is CC/C(CC(C)C)=[N+](\C(CC(C)(C)C)C(C)(C)C)C(C)(C)C=C(C)C. The molecule has 0 aliphatic carbocycles. The van der Waals surface area contributed by atoms with Crippen LogP contribution in [-0.4, -0.2) is 21.9 Å². The highest BCUT2D eigenvalue weighted by Gasteiger charge is 2.44. The lowest BCUT2D eigenvalue weighted by molar-refractivity contribution is -0.639. The van der Waals surface area contributed by atoms with Crippen LogP contribution in [0.3, 0.4) is 0 Å². The third-order valence-corrected chi connectivity index (χ3v) is 4.77. The van der Waals surface area contributed by atoms with E-state index in [0.29, 0.717) is 17.4 Å². The summed E-state index contributed by atoms with van der Waals surface area (Å²) in [6, 6.07) is 0.520. The van der Waals surface area contributed by atoms with Crippen LogP contribution in [0.4, 0.5) is 0 Å². The van der Waals surface area contributed by atoms with Gasteiger partial charge in [0.05, 0.1) is 0 Å². The van der Waals surface area contributed by atoms with Crippen molar-refractivity contribution in [2.24, 2.45) is 16.7 Å². The molecular weight excluding hydrogens is 302 g/mol. The average molecular weight is 351 g/mol. The minimum atomic E-state index is 0.0300. The zero-order valence-corrected chi connectivity index (χ0v) is 19.8. The first-order valence-corrected chi connectivity index (χ1v) is 10.3. The van der Waals surface area contributed by atoms with Gasteiger partial charge in [0, 0.05) is 38.5 Å². The molecule has 0 fully saturated rings. The van der Waals surface area contributed by atoms with Crippen molar-refractivity contribution in [1.29, 1.82) is 0 Å². The summed E-state index contributed by atoms with van der Waals surface area (Å²) in [5, 5.41) is 0. The van der Waals surface area contributed by atoms with E-state index in [-0.39, 0.29) is 11.0 Å². The summed E-state index contributed by atoms with van der Waals surface area (Å²) in [7, 11) is 0. The summed E-state index contributed by atoms with van der Waals surface area (Å²) in [6.07, 6.45) is 5.99. The van der Waals surface area contributed by atoms with Crippen molar-refractivity contribution in [3.05, 3.63) is 11.6 Å². The minimum absolute atomic E-state index is 0.0300. The summed E-state index contributed by atoms with van der Waals surface area (Å²) in [5.41, 5.74) is 3.59. The number of hydrogen-bond donors (Lipinski definition) is 0. The van der Waals surface area contributed by atoms with Gasteiger partial charge in [-0.1, -0.05) is 67.9 Å². The highest BCUT2D eigenvalue weighted by Crippen LogP contribution is 2.36. The minimum Gasteiger partial charge on any atom is -0.225 e. The summed E-state index contributed by atoms with van der Waals surface area (Å²) in [6.45, 7) is 30.7. The molecule has 25 heavy (non-hydrogen) atoms.